The number of nitrogens with two attached hydrogens (primary N) is 2. The van der Waals surface area contributed by atoms with Crippen LogP contribution in [0, 0.1) is 5.82 Å². The van der Waals surface area contributed by atoms with Gasteiger partial charge in [0, 0.05) is 20.2 Å². The highest BCUT2D eigenvalue weighted by atomic mass is 32.1. The van der Waals surface area contributed by atoms with Gasteiger partial charge in [-0.25, -0.2) is 4.39 Å². The van der Waals surface area contributed by atoms with Crippen LogP contribution in [0.25, 0.3) is 0 Å². The number of ether oxygens (including phenoxy) is 1. The molecule has 2 aromatic carbocycles. The van der Waals surface area contributed by atoms with Crippen LogP contribution in [0.5, 0.6) is 0 Å². The summed E-state index contributed by atoms with van der Waals surface area (Å²) < 4.78 is 22.5. The Balaban J connectivity index is 2.09. The number of amides is 3. The van der Waals surface area contributed by atoms with Gasteiger partial charge < -0.3 is 26.4 Å². The average Bonchev–Trinajstić information content (AvgIpc) is 3.22. The minimum Gasteiger partial charge on any atom is -0.395 e. The monoisotopic (exact) mass is 485 g/mol. The van der Waals surface area contributed by atoms with E-state index in [9.17, 15) is 18.8 Å². The molecule has 34 heavy (non-hydrogen) atoms. The summed E-state index contributed by atoms with van der Waals surface area (Å²) in [4.78, 5) is 39.9. The Morgan fingerprint density at radius 2 is 1.82 bits per heavy atom. The number of nitrogen functional groups attached to an aromatic ring is 1. The molecule has 1 atom stereocenters. The van der Waals surface area contributed by atoms with Crippen molar-refractivity contribution >= 4 is 34.9 Å². The largest absolute Gasteiger partial charge is 0.395 e. The van der Waals surface area contributed by atoms with E-state index in [-0.39, 0.29) is 36.0 Å². The molecule has 0 aliphatic carbocycles. The van der Waals surface area contributed by atoms with Crippen molar-refractivity contribution in [2.45, 2.75) is 12.6 Å². The maximum Gasteiger partial charge on any atom is 0.270 e. The molecule has 1 unspecified atom stereocenters. The number of halogens is 1. The number of benzene rings is 2. The molecule has 3 rings (SSSR count). The first-order valence-corrected chi connectivity index (χ1v) is 11.0. The van der Waals surface area contributed by atoms with Gasteiger partial charge in [0.1, 0.15) is 16.7 Å². The van der Waals surface area contributed by atoms with E-state index in [1.165, 1.54) is 36.3 Å². The molecule has 0 radical (unpaired) electrons. The lowest BCUT2D eigenvalue weighted by atomic mass is 10.0. The van der Waals surface area contributed by atoms with Crippen molar-refractivity contribution in [2.24, 2.45) is 5.73 Å². The fraction of sp³-hybridized carbons (Fsp3) is 0.217. The van der Waals surface area contributed by atoms with Crippen LogP contribution in [0.2, 0.25) is 0 Å². The molecule has 0 aliphatic heterocycles. The van der Waals surface area contributed by atoms with E-state index in [2.05, 4.69) is 9.69 Å². The summed E-state index contributed by atoms with van der Waals surface area (Å²) in [6.45, 7) is 0.496. The van der Waals surface area contributed by atoms with Gasteiger partial charge in [-0.2, -0.15) is 4.37 Å². The molecule has 9 nitrogen and oxygen atoms in total. The molecule has 11 heteroatoms. The lowest BCUT2D eigenvalue weighted by molar-refractivity contribution is -0.126. The van der Waals surface area contributed by atoms with E-state index in [0.29, 0.717) is 5.56 Å². The van der Waals surface area contributed by atoms with E-state index < -0.39 is 29.6 Å². The fourth-order valence-electron chi connectivity index (χ4n) is 3.31. The zero-order valence-electron chi connectivity index (χ0n) is 18.4. The van der Waals surface area contributed by atoms with Crippen LogP contribution in [0.15, 0.2) is 54.6 Å². The Kier molecular flexibility index (Phi) is 8.28. The Hall–Kier alpha value is -3.83. The summed E-state index contributed by atoms with van der Waals surface area (Å²) in [7, 11) is 1.50. The molecule has 0 bridgehead atoms. The minimum atomic E-state index is -1.14. The highest BCUT2D eigenvalue weighted by molar-refractivity contribution is 7.09. The summed E-state index contributed by atoms with van der Waals surface area (Å²) in [5.41, 5.74) is 12.1. The molecule has 178 valence electrons. The Morgan fingerprint density at radius 1 is 1.15 bits per heavy atom. The average molecular weight is 486 g/mol. The first-order valence-electron chi connectivity index (χ1n) is 10.3. The van der Waals surface area contributed by atoms with Crippen molar-refractivity contribution in [3.05, 3.63) is 82.1 Å². The predicted molar refractivity (Wildman–Crippen MR) is 125 cm³/mol. The van der Waals surface area contributed by atoms with Crippen molar-refractivity contribution < 1.29 is 23.5 Å². The minimum absolute atomic E-state index is 0.0264. The fourth-order valence-corrected chi connectivity index (χ4v) is 4.07. The van der Waals surface area contributed by atoms with Crippen molar-refractivity contribution in [3.8, 4) is 0 Å². The first-order chi connectivity index (χ1) is 16.3. The second kappa shape index (κ2) is 11.3. The molecule has 5 N–H and O–H groups in total. The summed E-state index contributed by atoms with van der Waals surface area (Å²) in [5, 5.41) is 2.74. The summed E-state index contributed by atoms with van der Waals surface area (Å²) in [5.74, 6) is -2.47. The predicted octanol–water partition coefficient (Wildman–Crippen LogP) is 2.11. The van der Waals surface area contributed by atoms with Gasteiger partial charge in [-0.1, -0.05) is 42.5 Å². The highest BCUT2D eigenvalue weighted by Crippen LogP contribution is 2.30. The molecular formula is C23H24FN5O4S. The van der Waals surface area contributed by atoms with Crippen LogP contribution in [0.3, 0.4) is 0 Å². The van der Waals surface area contributed by atoms with E-state index in [4.69, 9.17) is 16.2 Å². The molecule has 0 spiro atoms. The van der Waals surface area contributed by atoms with Crippen LogP contribution in [0.1, 0.15) is 37.3 Å². The number of anilines is 1. The number of hydrogen-bond acceptors (Lipinski definition) is 7. The van der Waals surface area contributed by atoms with Gasteiger partial charge in [-0.15, -0.1) is 0 Å². The van der Waals surface area contributed by atoms with Crippen molar-refractivity contribution in [1.82, 2.24) is 14.6 Å². The molecule has 0 saturated heterocycles. The molecule has 0 saturated carbocycles. The zero-order valence-corrected chi connectivity index (χ0v) is 19.2. The lowest BCUT2D eigenvalue weighted by Gasteiger charge is -2.31. The molecule has 3 aromatic rings. The maximum atomic E-state index is 13.7. The van der Waals surface area contributed by atoms with Gasteiger partial charge in [-0.3, -0.25) is 14.4 Å². The number of carbonyl (C=O) groups is 3. The summed E-state index contributed by atoms with van der Waals surface area (Å²) in [6, 6.07) is 13.2. The number of nitrogens with one attached hydrogen (secondary N) is 1. The van der Waals surface area contributed by atoms with Gasteiger partial charge in [0.2, 0.25) is 5.91 Å². The zero-order chi connectivity index (χ0) is 24.7. The van der Waals surface area contributed by atoms with Crippen molar-refractivity contribution in [2.75, 3.05) is 26.0 Å². The second-order valence-corrected chi connectivity index (χ2v) is 8.07. The molecule has 1 aromatic heterocycles. The van der Waals surface area contributed by atoms with Gasteiger partial charge in [0.05, 0.1) is 12.3 Å². The van der Waals surface area contributed by atoms with Gasteiger partial charge in [0.15, 0.2) is 5.69 Å². The second-order valence-electron chi connectivity index (χ2n) is 7.29. The van der Waals surface area contributed by atoms with Gasteiger partial charge in [0.25, 0.3) is 11.8 Å². The highest BCUT2D eigenvalue weighted by Gasteiger charge is 2.34. The molecular weight excluding hydrogens is 461 g/mol. The van der Waals surface area contributed by atoms with E-state index in [1.807, 2.05) is 6.07 Å². The Labute approximate surface area is 199 Å². The third kappa shape index (κ3) is 5.74. The number of carbonyl (C=O) groups excluding carboxylic acids is 3. The third-order valence-electron chi connectivity index (χ3n) is 4.96. The van der Waals surface area contributed by atoms with Crippen LogP contribution >= 0.6 is 11.5 Å². The topological polar surface area (TPSA) is 141 Å². The SMILES string of the molecule is COCCNC(=O)C(c1ccc(F)cc1)N(Cc1ccccc1)C(=O)c1snc(C(N)=O)c1N. The number of hydrogen-bond donors (Lipinski definition) is 3. The number of rotatable bonds is 10. The quantitative estimate of drug-likeness (QED) is 0.376. The van der Waals surface area contributed by atoms with Gasteiger partial charge >= 0.3 is 0 Å². The number of aromatic nitrogens is 1. The molecule has 0 aliphatic rings. The molecule has 1 heterocycles. The van der Waals surface area contributed by atoms with Crippen LogP contribution in [-0.4, -0.2) is 47.3 Å². The summed E-state index contributed by atoms with van der Waals surface area (Å²) in [6.07, 6.45) is 0. The van der Waals surface area contributed by atoms with Crippen molar-refractivity contribution in [1.29, 1.82) is 0 Å². The van der Waals surface area contributed by atoms with Crippen molar-refractivity contribution in [3.63, 3.8) is 0 Å². The lowest BCUT2D eigenvalue weighted by Crippen LogP contribution is -2.44. The van der Waals surface area contributed by atoms with E-state index >= 15 is 0 Å². The number of primary amides is 1. The van der Waals surface area contributed by atoms with E-state index in [1.54, 1.807) is 24.3 Å². The van der Waals surface area contributed by atoms with Crippen LogP contribution in [0.4, 0.5) is 10.1 Å². The van der Waals surface area contributed by atoms with Crippen LogP contribution < -0.4 is 16.8 Å². The number of nitrogens with zero attached hydrogens (tertiary/aromatic N) is 2. The Bertz CT molecular complexity index is 1150. The first kappa shape index (κ1) is 24.8. The molecule has 0 fully saturated rings. The number of methoxy groups -OCH3 is 1. The van der Waals surface area contributed by atoms with Gasteiger partial charge in [-0.05, 0) is 34.8 Å². The molecule has 3 amide bonds. The third-order valence-corrected chi connectivity index (χ3v) is 5.81. The summed E-state index contributed by atoms with van der Waals surface area (Å²) >= 11 is 0.721. The standard InChI is InChI=1S/C23H24FN5O4S/c1-33-12-11-27-22(31)19(15-7-9-16(24)10-8-15)29(13-14-5-3-2-4-6-14)23(32)20-17(25)18(21(26)30)28-34-20/h2-10,19H,11-13,25H2,1H3,(H2,26,30)(H,27,31). The maximum absolute atomic E-state index is 13.7. The normalized spacial score (nSPS) is 11.6. The smallest absolute Gasteiger partial charge is 0.270 e. The Morgan fingerprint density at radius 3 is 2.41 bits per heavy atom. The van der Waals surface area contributed by atoms with Crippen LogP contribution in [-0.2, 0) is 16.1 Å². The van der Waals surface area contributed by atoms with E-state index in [0.717, 1.165) is 17.1 Å².